The lowest BCUT2D eigenvalue weighted by atomic mass is 10.0. The first kappa shape index (κ1) is 16.5. The summed E-state index contributed by atoms with van der Waals surface area (Å²) >= 11 is 0. The van der Waals surface area contributed by atoms with Crippen LogP contribution in [-0.2, 0) is 4.79 Å². The molecule has 2 N–H and O–H groups in total. The lowest BCUT2D eigenvalue weighted by molar-refractivity contribution is -0.117. The number of benzene rings is 2. The molecule has 1 unspecified atom stereocenters. The largest absolute Gasteiger partial charge is 0.396 e. The molecular formula is C19H18N2O2. The van der Waals surface area contributed by atoms with E-state index in [9.17, 15) is 9.90 Å². The predicted molar refractivity (Wildman–Crippen MR) is 89.2 cm³/mol. The zero-order chi connectivity index (χ0) is 16.5. The Hall–Kier alpha value is -2.90. The van der Waals surface area contributed by atoms with Crippen LogP contribution >= 0.6 is 0 Å². The molecule has 0 fully saturated rings. The Balaban J connectivity index is 2.04. The zero-order valence-electron chi connectivity index (χ0n) is 12.6. The average molecular weight is 306 g/mol. The Morgan fingerprint density at radius 1 is 1.22 bits per heavy atom. The van der Waals surface area contributed by atoms with Crippen molar-refractivity contribution >= 4 is 12.0 Å². The Kier molecular flexibility index (Phi) is 6.10. The van der Waals surface area contributed by atoms with Gasteiger partial charge in [0.05, 0.1) is 17.7 Å². The molecule has 4 heteroatoms. The van der Waals surface area contributed by atoms with Gasteiger partial charge in [0.25, 0.3) is 0 Å². The fourth-order valence-electron chi connectivity index (χ4n) is 2.24. The van der Waals surface area contributed by atoms with E-state index in [1.165, 1.54) is 6.08 Å². The minimum atomic E-state index is -0.241. The minimum Gasteiger partial charge on any atom is -0.396 e. The van der Waals surface area contributed by atoms with Crippen LogP contribution in [0.25, 0.3) is 6.08 Å². The minimum absolute atomic E-state index is 0.00618. The number of aliphatic hydroxyl groups is 1. The second-order valence-electron chi connectivity index (χ2n) is 5.05. The molecular weight excluding hydrogens is 288 g/mol. The van der Waals surface area contributed by atoms with E-state index >= 15 is 0 Å². The highest BCUT2D eigenvalue weighted by Crippen LogP contribution is 2.16. The smallest absolute Gasteiger partial charge is 0.244 e. The lowest BCUT2D eigenvalue weighted by Gasteiger charge is -2.17. The van der Waals surface area contributed by atoms with Gasteiger partial charge in [-0.1, -0.05) is 42.5 Å². The first-order valence-corrected chi connectivity index (χ1v) is 7.37. The van der Waals surface area contributed by atoms with E-state index in [1.807, 2.05) is 36.4 Å². The second-order valence-corrected chi connectivity index (χ2v) is 5.05. The van der Waals surface area contributed by atoms with E-state index in [4.69, 9.17) is 5.26 Å². The molecule has 0 aliphatic rings. The molecule has 0 saturated heterocycles. The normalized spacial score (nSPS) is 11.8. The molecule has 116 valence electrons. The van der Waals surface area contributed by atoms with Gasteiger partial charge in [0.1, 0.15) is 0 Å². The number of hydrogen-bond donors (Lipinski definition) is 2. The summed E-state index contributed by atoms with van der Waals surface area (Å²) < 4.78 is 0. The monoisotopic (exact) mass is 306 g/mol. The summed E-state index contributed by atoms with van der Waals surface area (Å²) in [5, 5.41) is 20.9. The molecule has 1 atom stereocenters. The van der Waals surface area contributed by atoms with Crippen LogP contribution in [0.3, 0.4) is 0 Å². The van der Waals surface area contributed by atoms with Crippen LogP contribution in [0.4, 0.5) is 0 Å². The van der Waals surface area contributed by atoms with E-state index in [0.29, 0.717) is 12.0 Å². The molecule has 4 nitrogen and oxygen atoms in total. The van der Waals surface area contributed by atoms with Crippen molar-refractivity contribution < 1.29 is 9.90 Å². The van der Waals surface area contributed by atoms with Crippen molar-refractivity contribution in [1.82, 2.24) is 5.32 Å². The highest BCUT2D eigenvalue weighted by molar-refractivity contribution is 5.92. The Morgan fingerprint density at radius 2 is 2.00 bits per heavy atom. The number of amides is 1. The van der Waals surface area contributed by atoms with E-state index in [1.54, 1.807) is 24.3 Å². The average Bonchev–Trinajstić information content (AvgIpc) is 2.60. The molecule has 0 bridgehead atoms. The summed E-state index contributed by atoms with van der Waals surface area (Å²) in [6.07, 6.45) is 3.55. The van der Waals surface area contributed by atoms with Crippen LogP contribution in [0, 0.1) is 11.3 Å². The SMILES string of the molecule is N#Cc1cccc(/C=C/C(=O)NC(CCO)c2ccccc2)c1. The van der Waals surface area contributed by atoms with Crippen molar-refractivity contribution in [3.8, 4) is 6.07 Å². The van der Waals surface area contributed by atoms with Crippen molar-refractivity contribution in [3.63, 3.8) is 0 Å². The molecule has 0 radical (unpaired) electrons. The molecule has 2 aromatic carbocycles. The maximum Gasteiger partial charge on any atom is 0.244 e. The van der Waals surface area contributed by atoms with Gasteiger partial charge in [-0.25, -0.2) is 0 Å². The van der Waals surface area contributed by atoms with Gasteiger partial charge in [-0.15, -0.1) is 0 Å². The molecule has 0 saturated carbocycles. The van der Waals surface area contributed by atoms with Crippen LogP contribution < -0.4 is 5.32 Å². The van der Waals surface area contributed by atoms with Crippen LogP contribution in [0.1, 0.15) is 29.2 Å². The summed E-state index contributed by atoms with van der Waals surface area (Å²) in [6.45, 7) is -0.00618. The van der Waals surface area contributed by atoms with Crippen molar-refractivity contribution in [2.75, 3.05) is 6.61 Å². The number of nitrogens with zero attached hydrogens (tertiary/aromatic N) is 1. The van der Waals surface area contributed by atoms with E-state index in [2.05, 4.69) is 11.4 Å². The van der Waals surface area contributed by atoms with E-state index in [-0.39, 0.29) is 18.6 Å². The maximum absolute atomic E-state index is 12.1. The summed E-state index contributed by atoms with van der Waals surface area (Å²) in [4.78, 5) is 12.1. The van der Waals surface area contributed by atoms with Crippen molar-refractivity contribution in [3.05, 3.63) is 77.4 Å². The van der Waals surface area contributed by atoms with Crippen LogP contribution in [0.2, 0.25) is 0 Å². The highest BCUT2D eigenvalue weighted by Gasteiger charge is 2.12. The topological polar surface area (TPSA) is 73.1 Å². The number of nitriles is 1. The van der Waals surface area contributed by atoms with Crippen LogP contribution in [0.15, 0.2) is 60.7 Å². The van der Waals surface area contributed by atoms with Gasteiger partial charge in [-0.2, -0.15) is 5.26 Å². The molecule has 23 heavy (non-hydrogen) atoms. The third-order valence-corrected chi connectivity index (χ3v) is 3.38. The number of aliphatic hydroxyl groups excluding tert-OH is 1. The first-order chi connectivity index (χ1) is 11.2. The Morgan fingerprint density at radius 3 is 2.70 bits per heavy atom. The van der Waals surface area contributed by atoms with Gasteiger partial charge in [0.15, 0.2) is 0 Å². The summed E-state index contributed by atoms with van der Waals surface area (Å²) in [5.41, 5.74) is 2.29. The van der Waals surface area contributed by atoms with Gasteiger partial charge in [-0.3, -0.25) is 4.79 Å². The summed E-state index contributed by atoms with van der Waals surface area (Å²) in [6, 6.07) is 18.4. The standard InChI is InChI=1S/C19H18N2O2/c20-14-16-6-4-5-15(13-16)9-10-19(23)21-18(11-12-22)17-7-2-1-3-8-17/h1-10,13,18,22H,11-12H2,(H,21,23)/b10-9+. The molecule has 2 rings (SSSR count). The number of carbonyl (C=O) groups is 1. The lowest BCUT2D eigenvalue weighted by Crippen LogP contribution is -2.27. The van der Waals surface area contributed by atoms with E-state index < -0.39 is 0 Å². The van der Waals surface area contributed by atoms with Crippen molar-refractivity contribution in [2.24, 2.45) is 0 Å². The van der Waals surface area contributed by atoms with Crippen LogP contribution in [0.5, 0.6) is 0 Å². The highest BCUT2D eigenvalue weighted by atomic mass is 16.3. The van der Waals surface area contributed by atoms with Gasteiger partial charge in [0, 0.05) is 12.7 Å². The quantitative estimate of drug-likeness (QED) is 0.806. The van der Waals surface area contributed by atoms with E-state index in [0.717, 1.165) is 11.1 Å². The molecule has 1 amide bonds. The number of nitrogens with one attached hydrogen (secondary N) is 1. The van der Waals surface area contributed by atoms with Crippen molar-refractivity contribution in [1.29, 1.82) is 5.26 Å². The molecule has 0 aromatic heterocycles. The van der Waals surface area contributed by atoms with Gasteiger partial charge in [-0.05, 0) is 35.8 Å². The predicted octanol–water partition coefficient (Wildman–Crippen LogP) is 2.81. The third-order valence-electron chi connectivity index (χ3n) is 3.38. The number of hydrogen-bond acceptors (Lipinski definition) is 3. The van der Waals surface area contributed by atoms with Crippen molar-refractivity contribution in [2.45, 2.75) is 12.5 Å². The molecule has 0 aliphatic heterocycles. The zero-order valence-corrected chi connectivity index (χ0v) is 12.6. The third kappa shape index (κ3) is 5.10. The Labute approximate surface area is 135 Å². The summed E-state index contributed by atoms with van der Waals surface area (Å²) in [7, 11) is 0. The van der Waals surface area contributed by atoms with Gasteiger partial charge in [0.2, 0.25) is 5.91 Å². The fourth-order valence-corrected chi connectivity index (χ4v) is 2.24. The fraction of sp³-hybridized carbons (Fsp3) is 0.158. The van der Waals surface area contributed by atoms with Crippen LogP contribution in [-0.4, -0.2) is 17.6 Å². The molecule has 0 heterocycles. The molecule has 0 spiro atoms. The second kappa shape index (κ2) is 8.52. The Bertz CT molecular complexity index is 718. The number of rotatable bonds is 6. The summed E-state index contributed by atoms with van der Waals surface area (Å²) in [5.74, 6) is -0.241. The first-order valence-electron chi connectivity index (χ1n) is 7.37. The van der Waals surface area contributed by atoms with Gasteiger partial charge >= 0.3 is 0 Å². The van der Waals surface area contributed by atoms with Gasteiger partial charge < -0.3 is 10.4 Å². The molecule has 0 aliphatic carbocycles. The molecule has 2 aromatic rings. The number of carbonyl (C=O) groups excluding carboxylic acids is 1. The maximum atomic E-state index is 12.1.